The summed E-state index contributed by atoms with van der Waals surface area (Å²) in [5, 5.41) is 6.26. The molecule has 0 fully saturated rings. The Kier molecular flexibility index (Phi) is 5.98. The SMILES string of the molecule is CCCN1C(=O)c2ccccc2[C@@H]1Nc1ccc(C(=O)NCc2ccc(F)cc2)cc1. The largest absolute Gasteiger partial charge is 0.361 e. The minimum Gasteiger partial charge on any atom is -0.361 e. The summed E-state index contributed by atoms with van der Waals surface area (Å²) in [6.07, 6.45) is 0.632. The van der Waals surface area contributed by atoms with Crippen LogP contribution >= 0.6 is 0 Å². The van der Waals surface area contributed by atoms with E-state index in [0.717, 1.165) is 28.8 Å². The third-order valence-corrected chi connectivity index (χ3v) is 5.34. The molecule has 1 heterocycles. The lowest BCUT2D eigenvalue weighted by Crippen LogP contribution is -2.33. The maximum atomic E-state index is 13.0. The molecule has 0 aliphatic carbocycles. The van der Waals surface area contributed by atoms with E-state index >= 15 is 0 Å². The lowest BCUT2D eigenvalue weighted by molar-refractivity contribution is 0.0743. The standard InChI is InChI=1S/C25H24FN3O2/c1-2-15-29-23(21-5-3-4-6-22(21)25(29)31)28-20-13-9-18(10-14-20)24(30)27-16-17-7-11-19(26)12-8-17/h3-14,23,28H,2,15-16H2,1H3,(H,27,30)/t23-/m1/s1. The first-order valence-corrected chi connectivity index (χ1v) is 10.4. The van der Waals surface area contributed by atoms with Gasteiger partial charge in [-0.3, -0.25) is 9.59 Å². The van der Waals surface area contributed by atoms with Gasteiger partial charge in [0.15, 0.2) is 0 Å². The zero-order chi connectivity index (χ0) is 21.8. The van der Waals surface area contributed by atoms with Gasteiger partial charge in [-0.2, -0.15) is 0 Å². The Morgan fingerprint density at radius 2 is 1.71 bits per heavy atom. The van der Waals surface area contributed by atoms with Gasteiger partial charge in [-0.1, -0.05) is 37.3 Å². The maximum absolute atomic E-state index is 13.0. The predicted octanol–water partition coefficient (Wildman–Crippen LogP) is 4.73. The number of carbonyl (C=O) groups excluding carboxylic acids is 2. The topological polar surface area (TPSA) is 61.4 Å². The van der Waals surface area contributed by atoms with E-state index in [9.17, 15) is 14.0 Å². The second-order valence-corrected chi connectivity index (χ2v) is 7.52. The van der Waals surface area contributed by atoms with Gasteiger partial charge in [0.1, 0.15) is 12.0 Å². The summed E-state index contributed by atoms with van der Waals surface area (Å²) in [4.78, 5) is 27.0. The van der Waals surface area contributed by atoms with Crippen molar-refractivity contribution < 1.29 is 14.0 Å². The van der Waals surface area contributed by atoms with Crippen LogP contribution in [0, 0.1) is 5.82 Å². The second kappa shape index (κ2) is 9.00. The van der Waals surface area contributed by atoms with Crippen LogP contribution in [-0.2, 0) is 6.54 Å². The van der Waals surface area contributed by atoms with Crippen molar-refractivity contribution in [2.24, 2.45) is 0 Å². The zero-order valence-corrected chi connectivity index (χ0v) is 17.3. The van der Waals surface area contributed by atoms with Gasteiger partial charge in [-0.05, 0) is 54.4 Å². The summed E-state index contributed by atoms with van der Waals surface area (Å²) in [5.74, 6) is -0.473. The molecule has 158 valence electrons. The minimum atomic E-state index is -0.303. The molecule has 1 aliphatic rings. The average molecular weight is 417 g/mol. The molecule has 31 heavy (non-hydrogen) atoms. The van der Waals surface area contributed by atoms with E-state index in [1.54, 1.807) is 24.3 Å². The van der Waals surface area contributed by atoms with Gasteiger partial charge in [-0.15, -0.1) is 0 Å². The van der Waals surface area contributed by atoms with Gasteiger partial charge < -0.3 is 15.5 Å². The van der Waals surface area contributed by atoms with Crippen LogP contribution in [0.15, 0.2) is 72.8 Å². The molecule has 2 N–H and O–H groups in total. The van der Waals surface area contributed by atoms with E-state index in [4.69, 9.17) is 0 Å². The van der Waals surface area contributed by atoms with E-state index < -0.39 is 0 Å². The van der Waals surface area contributed by atoms with Crippen molar-refractivity contribution in [1.29, 1.82) is 0 Å². The lowest BCUT2D eigenvalue weighted by Gasteiger charge is -2.26. The number of hydrogen-bond acceptors (Lipinski definition) is 3. The third-order valence-electron chi connectivity index (χ3n) is 5.34. The van der Waals surface area contributed by atoms with Crippen LogP contribution in [0.25, 0.3) is 0 Å². The van der Waals surface area contributed by atoms with Crippen LogP contribution in [-0.4, -0.2) is 23.3 Å². The average Bonchev–Trinajstić information content (AvgIpc) is 3.05. The molecule has 0 saturated heterocycles. The van der Waals surface area contributed by atoms with Crippen LogP contribution in [0.4, 0.5) is 10.1 Å². The van der Waals surface area contributed by atoms with E-state index in [2.05, 4.69) is 10.6 Å². The molecule has 4 rings (SSSR count). The van der Waals surface area contributed by atoms with Crippen LogP contribution in [0.1, 0.15) is 51.4 Å². The fourth-order valence-corrected chi connectivity index (χ4v) is 3.76. The van der Waals surface area contributed by atoms with Gasteiger partial charge >= 0.3 is 0 Å². The Bertz CT molecular complexity index is 1080. The van der Waals surface area contributed by atoms with E-state index in [1.165, 1.54) is 12.1 Å². The molecule has 2 amide bonds. The van der Waals surface area contributed by atoms with E-state index in [1.807, 2.05) is 48.2 Å². The Morgan fingerprint density at radius 3 is 2.42 bits per heavy atom. The lowest BCUT2D eigenvalue weighted by atomic mass is 10.1. The first kappa shape index (κ1) is 20.6. The van der Waals surface area contributed by atoms with Crippen molar-refractivity contribution in [2.45, 2.75) is 26.1 Å². The summed E-state index contributed by atoms with van der Waals surface area (Å²) in [5.41, 5.74) is 3.87. The molecule has 6 heteroatoms. The van der Waals surface area contributed by atoms with Gasteiger partial charge in [0.25, 0.3) is 11.8 Å². The summed E-state index contributed by atoms with van der Waals surface area (Å²) in [6, 6.07) is 20.8. The second-order valence-electron chi connectivity index (χ2n) is 7.52. The molecule has 1 aliphatic heterocycles. The number of rotatable bonds is 7. The Balaban J connectivity index is 1.43. The number of halogens is 1. The molecule has 1 atom stereocenters. The highest BCUT2D eigenvalue weighted by molar-refractivity contribution is 5.99. The number of benzene rings is 3. The molecule has 0 radical (unpaired) electrons. The van der Waals surface area contributed by atoms with Crippen molar-refractivity contribution in [2.75, 3.05) is 11.9 Å². The van der Waals surface area contributed by atoms with Crippen molar-refractivity contribution in [3.8, 4) is 0 Å². The van der Waals surface area contributed by atoms with Crippen molar-refractivity contribution in [1.82, 2.24) is 10.2 Å². The fourth-order valence-electron chi connectivity index (χ4n) is 3.76. The Morgan fingerprint density at radius 1 is 1.00 bits per heavy atom. The molecule has 0 saturated carbocycles. The summed E-state index contributed by atoms with van der Waals surface area (Å²) >= 11 is 0. The number of nitrogens with one attached hydrogen (secondary N) is 2. The van der Waals surface area contributed by atoms with Crippen molar-refractivity contribution >= 4 is 17.5 Å². The third kappa shape index (κ3) is 4.43. The van der Waals surface area contributed by atoms with E-state index in [0.29, 0.717) is 18.7 Å². The first-order valence-electron chi connectivity index (χ1n) is 10.4. The van der Waals surface area contributed by atoms with Crippen LogP contribution in [0.5, 0.6) is 0 Å². The summed E-state index contributed by atoms with van der Waals surface area (Å²) < 4.78 is 13.0. The molecular formula is C25H24FN3O2. The first-order chi connectivity index (χ1) is 15.1. The predicted molar refractivity (Wildman–Crippen MR) is 118 cm³/mol. The highest BCUT2D eigenvalue weighted by Crippen LogP contribution is 2.34. The van der Waals surface area contributed by atoms with E-state index in [-0.39, 0.29) is 23.8 Å². The monoisotopic (exact) mass is 417 g/mol. The number of fused-ring (bicyclic) bond motifs is 1. The quantitative estimate of drug-likeness (QED) is 0.584. The Labute approximate surface area is 180 Å². The molecule has 0 spiro atoms. The zero-order valence-electron chi connectivity index (χ0n) is 17.3. The number of anilines is 1. The fraction of sp³-hybridized carbons (Fsp3) is 0.200. The van der Waals surface area contributed by atoms with Crippen LogP contribution in [0.2, 0.25) is 0 Å². The molecule has 3 aromatic rings. The number of amides is 2. The molecule has 0 unspecified atom stereocenters. The molecule has 3 aromatic carbocycles. The normalized spacial score (nSPS) is 15.0. The highest BCUT2D eigenvalue weighted by atomic mass is 19.1. The number of carbonyl (C=O) groups is 2. The summed E-state index contributed by atoms with van der Waals surface area (Å²) in [7, 11) is 0. The van der Waals surface area contributed by atoms with Gasteiger partial charge in [0.05, 0.1) is 0 Å². The van der Waals surface area contributed by atoms with Crippen molar-refractivity contribution in [3.63, 3.8) is 0 Å². The smallest absolute Gasteiger partial charge is 0.256 e. The maximum Gasteiger partial charge on any atom is 0.256 e. The highest BCUT2D eigenvalue weighted by Gasteiger charge is 2.35. The minimum absolute atomic E-state index is 0.0340. The summed E-state index contributed by atoms with van der Waals surface area (Å²) in [6.45, 7) is 3.04. The number of nitrogens with zero attached hydrogens (tertiary/aromatic N) is 1. The molecule has 0 aromatic heterocycles. The van der Waals surface area contributed by atoms with Gasteiger partial charge in [-0.25, -0.2) is 4.39 Å². The molecule has 0 bridgehead atoms. The Hall–Kier alpha value is -3.67. The number of hydrogen-bond donors (Lipinski definition) is 2. The van der Waals surface area contributed by atoms with Crippen molar-refractivity contribution in [3.05, 3.63) is 101 Å². The molecular weight excluding hydrogens is 393 g/mol. The van der Waals surface area contributed by atoms with Gasteiger partial charge in [0, 0.05) is 35.5 Å². The molecule has 5 nitrogen and oxygen atoms in total. The van der Waals surface area contributed by atoms with Crippen LogP contribution in [0.3, 0.4) is 0 Å². The van der Waals surface area contributed by atoms with Gasteiger partial charge in [0.2, 0.25) is 0 Å². The van der Waals surface area contributed by atoms with Crippen LogP contribution < -0.4 is 10.6 Å².